The molecule has 2 aromatic carbocycles. The van der Waals surface area contributed by atoms with E-state index in [-0.39, 0.29) is 17.3 Å². The molecule has 1 aromatic heterocycles. The smallest absolute Gasteiger partial charge is 0.287 e. The highest BCUT2D eigenvalue weighted by molar-refractivity contribution is 6.30. The van der Waals surface area contributed by atoms with Crippen LogP contribution in [0.15, 0.2) is 46.9 Å². The molecule has 23 heavy (non-hydrogen) atoms. The lowest BCUT2D eigenvalue weighted by molar-refractivity contribution is 0.0927. The van der Waals surface area contributed by atoms with E-state index in [1.165, 1.54) is 6.07 Å². The SMILES string of the molecule is Cc1c(C(=O)NCCc2ccc(Cl)cc2)oc2c(F)cccc12. The Morgan fingerprint density at radius 3 is 2.65 bits per heavy atom. The largest absolute Gasteiger partial charge is 0.448 e. The zero-order chi connectivity index (χ0) is 16.4. The zero-order valence-corrected chi connectivity index (χ0v) is 13.3. The van der Waals surface area contributed by atoms with Crippen molar-refractivity contribution < 1.29 is 13.6 Å². The predicted molar refractivity (Wildman–Crippen MR) is 88.4 cm³/mol. The van der Waals surface area contributed by atoms with Crippen LogP contribution in [0.2, 0.25) is 5.02 Å². The average molecular weight is 332 g/mol. The van der Waals surface area contributed by atoms with Crippen LogP contribution in [0.3, 0.4) is 0 Å². The Bertz CT molecular complexity index is 855. The number of benzene rings is 2. The van der Waals surface area contributed by atoms with Gasteiger partial charge in [-0.15, -0.1) is 0 Å². The van der Waals surface area contributed by atoms with E-state index in [0.29, 0.717) is 28.9 Å². The van der Waals surface area contributed by atoms with Gasteiger partial charge in [-0.2, -0.15) is 0 Å². The van der Waals surface area contributed by atoms with E-state index >= 15 is 0 Å². The van der Waals surface area contributed by atoms with Gasteiger partial charge >= 0.3 is 0 Å². The first-order valence-corrected chi connectivity index (χ1v) is 7.64. The first-order valence-electron chi connectivity index (χ1n) is 7.26. The summed E-state index contributed by atoms with van der Waals surface area (Å²) in [6.45, 7) is 2.21. The Kier molecular flexibility index (Phi) is 4.35. The Morgan fingerprint density at radius 1 is 1.22 bits per heavy atom. The number of amides is 1. The molecule has 0 fully saturated rings. The summed E-state index contributed by atoms with van der Waals surface area (Å²) in [6, 6.07) is 12.1. The molecule has 0 atom stereocenters. The normalized spacial score (nSPS) is 10.9. The Balaban J connectivity index is 1.70. The fourth-order valence-electron chi connectivity index (χ4n) is 2.48. The van der Waals surface area contributed by atoms with Gasteiger partial charge in [0.05, 0.1) is 0 Å². The minimum Gasteiger partial charge on any atom is -0.448 e. The molecule has 1 amide bonds. The van der Waals surface area contributed by atoms with E-state index in [0.717, 1.165) is 5.56 Å². The molecule has 1 heterocycles. The molecule has 3 rings (SSSR count). The van der Waals surface area contributed by atoms with E-state index in [1.807, 2.05) is 24.3 Å². The number of carbonyl (C=O) groups is 1. The molecule has 0 saturated heterocycles. The van der Waals surface area contributed by atoms with E-state index in [2.05, 4.69) is 5.32 Å². The molecule has 0 saturated carbocycles. The molecule has 0 aliphatic carbocycles. The third kappa shape index (κ3) is 3.22. The van der Waals surface area contributed by atoms with Crippen LogP contribution in [0.4, 0.5) is 4.39 Å². The monoisotopic (exact) mass is 331 g/mol. The molecule has 3 nitrogen and oxygen atoms in total. The van der Waals surface area contributed by atoms with Gasteiger partial charge in [0, 0.05) is 22.5 Å². The van der Waals surface area contributed by atoms with Crippen LogP contribution in [0.25, 0.3) is 11.0 Å². The van der Waals surface area contributed by atoms with Crippen LogP contribution >= 0.6 is 11.6 Å². The first kappa shape index (κ1) is 15.6. The average Bonchev–Trinajstić information content (AvgIpc) is 2.88. The van der Waals surface area contributed by atoms with Crippen molar-refractivity contribution in [3.05, 3.63) is 70.2 Å². The maximum atomic E-state index is 13.7. The molecule has 0 unspecified atom stereocenters. The lowest BCUT2D eigenvalue weighted by atomic mass is 10.1. The van der Waals surface area contributed by atoms with Crippen molar-refractivity contribution >= 4 is 28.5 Å². The van der Waals surface area contributed by atoms with Crippen molar-refractivity contribution in [2.45, 2.75) is 13.3 Å². The summed E-state index contributed by atoms with van der Waals surface area (Å²) in [6.07, 6.45) is 0.677. The summed E-state index contributed by atoms with van der Waals surface area (Å²) in [5.74, 6) is -0.654. The van der Waals surface area contributed by atoms with Gasteiger partial charge in [0.15, 0.2) is 17.2 Å². The molecule has 0 spiro atoms. The number of hydrogen-bond acceptors (Lipinski definition) is 2. The van der Waals surface area contributed by atoms with Crippen molar-refractivity contribution in [3.8, 4) is 0 Å². The van der Waals surface area contributed by atoms with Gasteiger partial charge in [-0.25, -0.2) is 4.39 Å². The molecule has 1 N–H and O–H groups in total. The second-order valence-electron chi connectivity index (χ2n) is 5.31. The number of fused-ring (bicyclic) bond motifs is 1. The van der Waals surface area contributed by atoms with Gasteiger partial charge in [0.1, 0.15) is 0 Å². The first-order chi connectivity index (χ1) is 11.1. The maximum Gasteiger partial charge on any atom is 0.287 e. The van der Waals surface area contributed by atoms with Gasteiger partial charge in [0.25, 0.3) is 5.91 Å². The third-order valence-corrected chi connectivity index (χ3v) is 3.99. The molecule has 0 aliphatic rings. The standard InChI is InChI=1S/C18H15ClFNO2/c1-11-14-3-2-4-15(20)17(14)23-16(11)18(22)21-10-9-12-5-7-13(19)8-6-12/h2-8H,9-10H2,1H3,(H,21,22). The predicted octanol–water partition coefficient (Wildman–Crippen LogP) is 4.51. The summed E-state index contributed by atoms with van der Waals surface area (Å²) in [5, 5.41) is 4.09. The number of carbonyl (C=O) groups excluding carboxylic acids is 1. The third-order valence-electron chi connectivity index (χ3n) is 3.73. The zero-order valence-electron chi connectivity index (χ0n) is 12.5. The summed E-state index contributed by atoms with van der Waals surface area (Å²) in [4.78, 5) is 12.2. The van der Waals surface area contributed by atoms with Gasteiger partial charge in [-0.1, -0.05) is 35.9 Å². The van der Waals surface area contributed by atoms with Crippen molar-refractivity contribution in [2.24, 2.45) is 0 Å². The van der Waals surface area contributed by atoms with Crippen LogP contribution in [-0.4, -0.2) is 12.5 Å². The lowest BCUT2D eigenvalue weighted by Crippen LogP contribution is -2.25. The fourth-order valence-corrected chi connectivity index (χ4v) is 2.60. The molecule has 0 radical (unpaired) electrons. The van der Waals surface area contributed by atoms with Crippen molar-refractivity contribution in [1.82, 2.24) is 5.32 Å². The summed E-state index contributed by atoms with van der Waals surface area (Å²) >= 11 is 5.83. The van der Waals surface area contributed by atoms with Crippen LogP contribution < -0.4 is 5.32 Å². The van der Waals surface area contributed by atoms with Crippen LogP contribution in [-0.2, 0) is 6.42 Å². The molecule has 5 heteroatoms. The highest BCUT2D eigenvalue weighted by Crippen LogP contribution is 2.27. The van der Waals surface area contributed by atoms with Gasteiger partial charge in [0.2, 0.25) is 0 Å². The number of furan rings is 1. The highest BCUT2D eigenvalue weighted by atomic mass is 35.5. The van der Waals surface area contributed by atoms with Crippen molar-refractivity contribution in [2.75, 3.05) is 6.54 Å². The second kappa shape index (κ2) is 6.42. The number of para-hydroxylation sites is 1. The molecular formula is C18H15ClFNO2. The Morgan fingerprint density at radius 2 is 1.96 bits per heavy atom. The number of aryl methyl sites for hydroxylation is 1. The minimum atomic E-state index is -0.467. The highest BCUT2D eigenvalue weighted by Gasteiger charge is 2.19. The lowest BCUT2D eigenvalue weighted by Gasteiger charge is -2.04. The van der Waals surface area contributed by atoms with Crippen LogP contribution in [0, 0.1) is 12.7 Å². The van der Waals surface area contributed by atoms with E-state index in [1.54, 1.807) is 19.1 Å². The van der Waals surface area contributed by atoms with E-state index in [4.69, 9.17) is 16.0 Å². The molecular weight excluding hydrogens is 317 g/mol. The van der Waals surface area contributed by atoms with Crippen LogP contribution in [0.5, 0.6) is 0 Å². The number of halogens is 2. The number of hydrogen-bond donors (Lipinski definition) is 1. The topological polar surface area (TPSA) is 42.2 Å². The minimum absolute atomic E-state index is 0.118. The van der Waals surface area contributed by atoms with Gasteiger partial charge in [-0.05, 0) is 37.1 Å². The van der Waals surface area contributed by atoms with E-state index < -0.39 is 5.82 Å². The van der Waals surface area contributed by atoms with E-state index in [9.17, 15) is 9.18 Å². The number of nitrogens with one attached hydrogen (secondary N) is 1. The second-order valence-corrected chi connectivity index (χ2v) is 5.74. The molecule has 118 valence electrons. The quantitative estimate of drug-likeness (QED) is 0.764. The maximum absolute atomic E-state index is 13.7. The number of rotatable bonds is 4. The van der Waals surface area contributed by atoms with Crippen LogP contribution in [0.1, 0.15) is 21.7 Å². The van der Waals surface area contributed by atoms with Crippen molar-refractivity contribution in [3.63, 3.8) is 0 Å². The molecule has 3 aromatic rings. The van der Waals surface area contributed by atoms with Gasteiger partial charge < -0.3 is 9.73 Å². The fraction of sp³-hybridized carbons (Fsp3) is 0.167. The van der Waals surface area contributed by atoms with Crippen molar-refractivity contribution in [1.29, 1.82) is 0 Å². The summed E-state index contributed by atoms with van der Waals surface area (Å²) in [5.41, 5.74) is 1.83. The molecule has 0 bridgehead atoms. The molecule has 0 aliphatic heterocycles. The Hall–Kier alpha value is -2.33. The Labute approximate surface area is 138 Å². The summed E-state index contributed by atoms with van der Waals surface area (Å²) < 4.78 is 19.1. The summed E-state index contributed by atoms with van der Waals surface area (Å²) in [7, 11) is 0. The van der Waals surface area contributed by atoms with Gasteiger partial charge in [-0.3, -0.25) is 4.79 Å².